The molecule has 29 heavy (non-hydrogen) atoms. The predicted molar refractivity (Wildman–Crippen MR) is 92.5 cm³/mol. The Morgan fingerprint density at radius 1 is 0.931 bits per heavy atom. The van der Waals surface area contributed by atoms with E-state index in [4.69, 9.17) is 11.6 Å². The van der Waals surface area contributed by atoms with Crippen molar-refractivity contribution in [1.82, 2.24) is 4.90 Å². The highest BCUT2D eigenvalue weighted by atomic mass is 35.5. The van der Waals surface area contributed by atoms with E-state index in [9.17, 15) is 36.9 Å². The lowest BCUT2D eigenvalue weighted by Gasteiger charge is -2.36. The molecule has 154 valence electrons. The molecule has 1 fully saturated rings. The Bertz CT molecular complexity index is 983. The second-order valence-corrected chi connectivity index (χ2v) is 6.55. The van der Waals surface area contributed by atoms with Gasteiger partial charge in [-0.2, -0.15) is 0 Å². The predicted octanol–water partition coefficient (Wildman–Crippen LogP) is 3.91. The zero-order chi connectivity index (χ0) is 21.5. The molecule has 1 saturated heterocycles. The fourth-order valence-electron chi connectivity index (χ4n) is 3.01. The first kappa shape index (κ1) is 20.8. The van der Waals surface area contributed by atoms with E-state index >= 15 is 0 Å². The molecule has 0 spiro atoms. The molecule has 1 aliphatic rings. The SMILES string of the molecule is O=C(c1c(F)c(F)c(F)c(F)c1F)N1CCN(c2ccc(Cl)cc2[N+](=O)[O-])CC1. The molecule has 0 atom stereocenters. The Balaban J connectivity index is 1.82. The number of carbonyl (C=O) groups is 1. The van der Waals surface area contributed by atoms with Gasteiger partial charge in [-0.25, -0.2) is 22.0 Å². The van der Waals surface area contributed by atoms with Crippen LogP contribution in [0.3, 0.4) is 0 Å². The van der Waals surface area contributed by atoms with Crippen LogP contribution < -0.4 is 4.90 Å². The summed E-state index contributed by atoms with van der Waals surface area (Å²) in [7, 11) is 0. The summed E-state index contributed by atoms with van der Waals surface area (Å²) in [5.41, 5.74) is -1.58. The summed E-state index contributed by atoms with van der Waals surface area (Å²) in [4.78, 5) is 25.4. The molecule has 0 saturated carbocycles. The number of benzene rings is 2. The smallest absolute Gasteiger partial charge is 0.294 e. The van der Waals surface area contributed by atoms with Crippen LogP contribution in [0.15, 0.2) is 18.2 Å². The zero-order valence-electron chi connectivity index (χ0n) is 14.4. The van der Waals surface area contributed by atoms with Crippen molar-refractivity contribution in [2.45, 2.75) is 0 Å². The van der Waals surface area contributed by atoms with Gasteiger partial charge in [-0.05, 0) is 12.1 Å². The van der Waals surface area contributed by atoms with E-state index in [1.54, 1.807) is 4.90 Å². The molecule has 0 aliphatic carbocycles. The molecule has 12 heteroatoms. The quantitative estimate of drug-likeness (QED) is 0.241. The van der Waals surface area contributed by atoms with E-state index in [2.05, 4.69) is 0 Å². The molecule has 0 unspecified atom stereocenters. The third-order valence-corrected chi connectivity index (χ3v) is 4.70. The van der Waals surface area contributed by atoms with Crippen LogP contribution in [0.5, 0.6) is 0 Å². The number of halogens is 6. The van der Waals surface area contributed by atoms with Crippen LogP contribution in [0.2, 0.25) is 5.02 Å². The molecular formula is C17H11ClF5N3O3. The molecule has 6 nitrogen and oxygen atoms in total. The number of rotatable bonds is 3. The molecule has 1 heterocycles. The van der Waals surface area contributed by atoms with Crippen LogP contribution in [0, 0.1) is 39.2 Å². The first-order valence-electron chi connectivity index (χ1n) is 8.13. The van der Waals surface area contributed by atoms with E-state index in [0.29, 0.717) is 0 Å². The lowest BCUT2D eigenvalue weighted by molar-refractivity contribution is -0.384. The number of piperazine rings is 1. The standard InChI is InChI=1S/C17H11ClF5N3O3/c18-8-1-2-9(10(7-8)26(28)29)24-3-5-25(6-4-24)17(27)11-12(19)14(21)16(23)15(22)13(11)20/h1-2,7H,3-6H2. The average molecular weight is 436 g/mol. The van der Waals surface area contributed by atoms with Crippen molar-refractivity contribution in [3.05, 3.63) is 68.0 Å². The number of nitrogens with zero attached hydrogens (tertiary/aromatic N) is 3. The molecule has 0 bridgehead atoms. The minimum Gasteiger partial charge on any atom is -0.362 e. The van der Waals surface area contributed by atoms with Crippen LogP contribution in [0.25, 0.3) is 0 Å². The van der Waals surface area contributed by atoms with E-state index in [-0.39, 0.29) is 42.6 Å². The second kappa shape index (κ2) is 7.82. The molecule has 2 aromatic rings. The number of hydrogen-bond acceptors (Lipinski definition) is 4. The third-order valence-electron chi connectivity index (χ3n) is 4.47. The van der Waals surface area contributed by atoms with E-state index < -0.39 is 45.5 Å². The highest BCUT2D eigenvalue weighted by Crippen LogP contribution is 2.32. The van der Waals surface area contributed by atoms with Gasteiger partial charge in [-0.15, -0.1) is 0 Å². The van der Waals surface area contributed by atoms with Crippen molar-refractivity contribution in [2.24, 2.45) is 0 Å². The zero-order valence-corrected chi connectivity index (χ0v) is 15.2. The molecule has 0 N–H and O–H groups in total. The van der Waals surface area contributed by atoms with E-state index in [1.807, 2.05) is 0 Å². The van der Waals surface area contributed by atoms with Gasteiger partial charge in [0.25, 0.3) is 11.6 Å². The third kappa shape index (κ3) is 3.69. The Morgan fingerprint density at radius 3 is 1.97 bits per heavy atom. The maximum atomic E-state index is 13.9. The summed E-state index contributed by atoms with van der Waals surface area (Å²) in [5, 5.41) is 11.4. The normalized spacial score (nSPS) is 14.3. The highest BCUT2D eigenvalue weighted by molar-refractivity contribution is 6.30. The van der Waals surface area contributed by atoms with Gasteiger partial charge in [0.2, 0.25) is 5.82 Å². The number of amides is 1. The molecule has 1 amide bonds. The van der Waals surface area contributed by atoms with Crippen LogP contribution in [0.4, 0.5) is 33.3 Å². The van der Waals surface area contributed by atoms with Crippen molar-refractivity contribution in [2.75, 3.05) is 31.1 Å². The molecule has 3 rings (SSSR count). The number of hydrogen-bond donors (Lipinski definition) is 0. The number of carbonyl (C=O) groups excluding carboxylic acids is 1. The first-order chi connectivity index (χ1) is 13.6. The van der Waals surface area contributed by atoms with Crippen LogP contribution >= 0.6 is 11.6 Å². The van der Waals surface area contributed by atoms with E-state index in [0.717, 1.165) is 11.0 Å². The Hall–Kier alpha value is -2.95. The molecule has 0 aromatic heterocycles. The van der Waals surface area contributed by atoms with Crippen LogP contribution in [-0.4, -0.2) is 41.9 Å². The van der Waals surface area contributed by atoms with Gasteiger partial charge in [0, 0.05) is 37.3 Å². The van der Waals surface area contributed by atoms with Crippen molar-refractivity contribution in [3.8, 4) is 0 Å². The van der Waals surface area contributed by atoms with Gasteiger partial charge in [0.15, 0.2) is 23.3 Å². The van der Waals surface area contributed by atoms with Gasteiger partial charge in [0.1, 0.15) is 11.3 Å². The number of nitro benzene ring substituents is 1. The second-order valence-electron chi connectivity index (χ2n) is 6.11. The minimum absolute atomic E-state index is 0.0314. The van der Waals surface area contributed by atoms with Crippen molar-refractivity contribution in [3.63, 3.8) is 0 Å². The molecular weight excluding hydrogens is 425 g/mol. The summed E-state index contributed by atoms with van der Waals surface area (Å²) in [6.07, 6.45) is 0. The monoisotopic (exact) mass is 435 g/mol. The lowest BCUT2D eigenvalue weighted by Crippen LogP contribution is -2.49. The molecule has 2 aromatic carbocycles. The summed E-state index contributed by atoms with van der Waals surface area (Å²) < 4.78 is 67.6. The lowest BCUT2D eigenvalue weighted by atomic mass is 10.1. The number of anilines is 1. The fraction of sp³-hybridized carbons (Fsp3) is 0.235. The maximum Gasteiger partial charge on any atom is 0.294 e. The van der Waals surface area contributed by atoms with Gasteiger partial charge in [0.05, 0.1) is 4.92 Å². The Morgan fingerprint density at radius 2 is 1.45 bits per heavy atom. The summed E-state index contributed by atoms with van der Waals surface area (Å²) in [6, 6.07) is 4.02. The summed E-state index contributed by atoms with van der Waals surface area (Å²) in [5.74, 6) is -12.5. The van der Waals surface area contributed by atoms with E-state index in [1.165, 1.54) is 12.1 Å². The fourth-order valence-corrected chi connectivity index (χ4v) is 3.18. The van der Waals surface area contributed by atoms with Gasteiger partial charge >= 0.3 is 0 Å². The van der Waals surface area contributed by atoms with Crippen LogP contribution in [0.1, 0.15) is 10.4 Å². The van der Waals surface area contributed by atoms with Crippen LogP contribution in [-0.2, 0) is 0 Å². The highest BCUT2D eigenvalue weighted by Gasteiger charge is 2.34. The van der Waals surface area contributed by atoms with Crippen molar-refractivity contribution < 1.29 is 31.7 Å². The van der Waals surface area contributed by atoms with Gasteiger partial charge in [-0.1, -0.05) is 11.6 Å². The number of nitro groups is 1. The Labute approximate surface area is 165 Å². The molecule has 1 aliphatic heterocycles. The summed E-state index contributed by atoms with van der Waals surface area (Å²) >= 11 is 5.76. The van der Waals surface area contributed by atoms with Crippen molar-refractivity contribution in [1.29, 1.82) is 0 Å². The first-order valence-corrected chi connectivity index (χ1v) is 8.50. The Kier molecular flexibility index (Phi) is 5.60. The minimum atomic E-state index is -2.35. The summed E-state index contributed by atoms with van der Waals surface area (Å²) in [6.45, 7) is -0.247. The van der Waals surface area contributed by atoms with Gasteiger partial charge in [-0.3, -0.25) is 14.9 Å². The van der Waals surface area contributed by atoms with Gasteiger partial charge < -0.3 is 9.80 Å². The largest absolute Gasteiger partial charge is 0.362 e. The molecule has 0 radical (unpaired) electrons. The van der Waals surface area contributed by atoms with Crippen molar-refractivity contribution >= 4 is 28.9 Å². The maximum absolute atomic E-state index is 13.9. The topological polar surface area (TPSA) is 66.7 Å². The average Bonchev–Trinajstić information content (AvgIpc) is 2.71.